The van der Waals surface area contributed by atoms with E-state index in [1.165, 1.54) is 38.9 Å². The summed E-state index contributed by atoms with van der Waals surface area (Å²) in [4.78, 5) is 4.65. The van der Waals surface area contributed by atoms with Crippen molar-refractivity contribution in [2.45, 2.75) is 40.5 Å². The predicted octanol–water partition coefficient (Wildman–Crippen LogP) is 4.60. The molecule has 0 saturated heterocycles. The highest BCUT2D eigenvalue weighted by molar-refractivity contribution is 5.91. The molecule has 1 aromatic heterocycles. The highest BCUT2D eigenvalue weighted by atomic mass is 15.0. The summed E-state index contributed by atoms with van der Waals surface area (Å²) < 4.78 is 2.14. The standard InChI is InChI=1S/C21H25N2/c1-6-7-17-8-9-18-20(12-17)22-13-23(5)21(18)19-11-14(2)10-15(3)16(19)4/h8-13H,6-7H2,1-5H3/q+1. The molecule has 0 radical (unpaired) electrons. The zero-order valence-electron chi connectivity index (χ0n) is 14.8. The largest absolute Gasteiger partial charge is 0.287 e. The topological polar surface area (TPSA) is 16.8 Å². The van der Waals surface area contributed by atoms with E-state index in [2.05, 4.69) is 74.6 Å². The van der Waals surface area contributed by atoms with E-state index in [1.807, 2.05) is 6.33 Å². The number of fused-ring (bicyclic) bond motifs is 1. The molecular weight excluding hydrogens is 280 g/mol. The van der Waals surface area contributed by atoms with Crippen molar-refractivity contribution >= 4 is 10.9 Å². The summed E-state index contributed by atoms with van der Waals surface area (Å²) in [6.07, 6.45) is 4.20. The van der Waals surface area contributed by atoms with E-state index >= 15 is 0 Å². The van der Waals surface area contributed by atoms with Gasteiger partial charge in [-0.15, -0.1) is 0 Å². The molecular formula is C21H25N2+. The van der Waals surface area contributed by atoms with Crippen LogP contribution in [0.1, 0.15) is 35.6 Å². The number of benzene rings is 2. The van der Waals surface area contributed by atoms with Gasteiger partial charge in [-0.2, -0.15) is 0 Å². The Morgan fingerprint density at radius 1 is 1.04 bits per heavy atom. The average molecular weight is 305 g/mol. The summed E-state index contributed by atoms with van der Waals surface area (Å²) in [6, 6.07) is 11.3. The molecule has 23 heavy (non-hydrogen) atoms. The molecule has 0 spiro atoms. The van der Waals surface area contributed by atoms with Gasteiger partial charge >= 0.3 is 0 Å². The molecule has 0 aliphatic carbocycles. The second kappa shape index (κ2) is 6.11. The second-order valence-corrected chi connectivity index (χ2v) is 6.56. The maximum absolute atomic E-state index is 4.65. The van der Waals surface area contributed by atoms with E-state index in [4.69, 9.17) is 0 Å². The minimum Gasteiger partial charge on any atom is -0.232 e. The van der Waals surface area contributed by atoms with Gasteiger partial charge in [0.25, 0.3) is 6.33 Å². The fourth-order valence-corrected chi connectivity index (χ4v) is 3.35. The Labute approximate surface area is 138 Å². The fourth-order valence-electron chi connectivity index (χ4n) is 3.35. The summed E-state index contributed by atoms with van der Waals surface area (Å²) in [5, 5.41) is 1.22. The van der Waals surface area contributed by atoms with Crippen molar-refractivity contribution in [3.8, 4) is 11.3 Å². The van der Waals surface area contributed by atoms with Crippen LogP contribution in [0.2, 0.25) is 0 Å². The Bertz CT molecular complexity index is 879. The first-order valence-corrected chi connectivity index (χ1v) is 8.36. The smallest absolute Gasteiger partial charge is 0.232 e. The highest BCUT2D eigenvalue weighted by Gasteiger charge is 2.18. The van der Waals surface area contributed by atoms with Gasteiger partial charge in [-0.05, 0) is 67.1 Å². The van der Waals surface area contributed by atoms with E-state index in [-0.39, 0.29) is 0 Å². The maximum Gasteiger partial charge on any atom is 0.287 e. The van der Waals surface area contributed by atoms with Gasteiger partial charge in [0.2, 0.25) is 0 Å². The summed E-state index contributed by atoms with van der Waals surface area (Å²) in [5.74, 6) is 0. The predicted molar refractivity (Wildman–Crippen MR) is 96.6 cm³/mol. The fraction of sp³-hybridized carbons (Fsp3) is 0.333. The Morgan fingerprint density at radius 3 is 2.57 bits per heavy atom. The molecule has 0 saturated carbocycles. The summed E-state index contributed by atoms with van der Waals surface area (Å²) in [6.45, 7) is 8.78. The molecule has 0 unspecified atom stereocenters. The number of rotatable bonds is 3. The van der Waals surface area contributed by atoms with Gasteiger partial charge in [0, 0.05) is 5.56 Å². The number of hydrogen-bond acceptors (Lipinski definition) is 1. The minimum absolute atomic E-state index is 1.09. The molecule has 0 fully saturated rings. The molecule has 0 N–H and O–H groups in total. The lowest BCUT2D eigenvalue weighted by Gasteiger charge is -2.12. The van der Waals surface area contributed by atoms with E-state index in [1.54, 1.807) is 0 Å². The quantitative estimate of drug-likeness (QED) is 0.646. The zero-order valence-corrected chi connectivity index (χ0v) is 14.8. The van der Waals surface area contributed by atoms with E-state index in [0.29, 0.717) is 0 Å². The lowest BCUT2D eigenvalue weighted by Crippen LogP contribution is -2.32. The molecule has 1 heterocycles. The van der Waals surface area contributed by atoms with Crippen molar-refractivity contribution in [2.75, 3.05) is 0 Å². The van der Waals surface area contributed by atoms with E-state index < -0.39 is 0 Å². The van der Waals surface area contributed by atoms with Gasteiger partial charge in [0.15, 0.2) is 5.52 Å². The van der Waals surface area contributed by atoms with Crippen LogP contribution < -0.4 is 4.57 Å². The Hall–Kier alpha value is -2.22. The monoisotopic (exact) mass is 305 g/mol. The third kappa shape index (κ3) is 2.86. The van der Waals surface area contributed by atoms with Crippen LogP contribution in [-0.4, -0.2) is 4.98 Å². The molecule has 0 aliphatic heterocycles. The van der Waals surface area contributed by atoms with Crippen LogP contribution in [0, 0.1) is 20.8 Å². The van der Waals surface area contributed by atoms with Gasteiger partial charge in [-0.25, -0.2) is 4.57 Å². The Kier molecular flexibility index (Phi) is 4.16. The molecule has 0 atom stereocenters. The first-order chi connectivity index (χ1) is 11.0. The zero-order chi connectivity index (χ0) is 16.6. The lowest BCUT2D eigenvalue weighted by atomic mass is 9.95. The van der Waals surface area contributed by atoms with Crippen LogP contribution >= 0.6 is 0 Å². The summed E-state index contributed by atoms with van der Waals surface area (Å²) >= 11 is 0. The third-order valence-corrected chi connectivity index (χ3v) is 4.65. The van der Waals surface area contributed by atoms with Crippen LogP contribution in [0.4, 0.5) is 0 Å². The van der Waals surface area contributed by atoms with Gasteiger partial charge in [0.1, 0.15) is 5.69 Å². The van der Waals surface area contributed by atoms with Crippen molar-refractivity contribution in [2.24, 2.45) is 7.05 Å². The van der Waals surface area contributed by atoms with Gasteiger partial charge in [-0.1, -0.05) is 31.0 Å². The Balaban J connectivity index is 2.31. The average Bonchev–Trinajstić information content (AvgIpc) is 2.51. The molecule has 118 valence electrons. The first kappa shape index (κ1) is 15.7. The van der Waals surface area contributed by atoms with Crippen LogP contribution in [0.3, 0.4) is 0 Å². The van der Waals surface area contributed by atoms with Crippen molar-refractivity contribution in [3.63, 3.8) is 0 Å². The number of hydrogen-bond donors (Lipinski definition) is 0. The van der Waals surface area contributed by atoms with E-state index in [9.17, 15) is 0 Å². The molecule has 2 nitrogen and oxygen atoms in total. The summed E-state index contributed by atoms with van der Waals surface area (Å²) in [5.41, 5.74) is 9.00. The number of aromatic nitrogens is 2. The summed E-state index contributed by atoms with van der Waals surface area (Å²) in [7, 11) is 2.08. The minimum atomic E-state index is 1.09. The third-order valence-electron chi connectivity index (χ3n) is 4.65. The van der Waals surface area contributed by atoms with Crippen LogP contribution in [0.25, 0.3) is 22.2 Å². The molecule has 2 heteroatoms. The van der Waals surface area contributed by atoms with Crippen molar-refractivity contribution in [1.29, 1.82) is 0 Å². The molecule has 0 amide bonds. The van der Waals surface area contributed by atoms with Gasteiger partial charge < -0.3 is 0 Å². The normalized spacial score (nSPS) is 11.2. The first-order valence-electron chi connectivity index (χ1n) is 8.36. The molecule has 3 rings (SSSR count). The SMILES string of the molecule is CCCc1ccc2c(-c3cc(C)cc(C)c3C)[n+](C)cnc2c1. The molecule has 0 bridgehead atoms. The number of aryl methyl sites for hydroxylation is 4. The number of nitrogens with zero attached hydrogens (tertiary/aromatic N) is 2. The van der Waals surface area contributed by atoms with Crippen LogP contribution in [0.15, 0.2) is 36.7 Å². The van der Waals surface area contributed by atoms with Gasteiger partial charge in [-0.3, -0.25) is 0 Å². The van der Waals surface area contributed by atoms with E-state index in [0.717, 1.165) is 18.4 Å². The van der Waals surface area contributed by atoms with Crippen molar-refractivity contribution < 1.29 is 4.57 Å². The van der Waals surface area contributed by atoms with Gasteiger partial charge in [0.05, 0.1) is 12.4 Å². The van der Waals surface area contributed by atoms with Crippen molar-refractivity contribution in [3.05, 3.63) is 58.9 Å². The van der Waals surface area contributed by atoms with Crippen LogP contribution in [-0.2, 0) is 13.5 Å². The van der Waals surface area contributed by atoms with Crippen LogP contribution in [0.5, 0.6) is 0 Å². The second-order valence-electron chi connectivity index (χ2n) is 6.56. The molecule has 2 aromatic carbocycles. The highest BCUT2D eigenvalue weighted by Crippen LogP contribution is 2.30. The lowest BCUT2D eigenvalue weighted by molar-refractivity contribution is -0.662. The molecule has 3 aromatic rings. The van der Waals surface area contributed by atoms with Crippen molar-refractivity contribution in [1.82, 2.24) is 4.98 Å². The molecule has 0 aliphatic rings. The Morgan fingerprint density at radius 2 is 1.83 bits per heavy atom. The maximum atomic E-state index is 4.65.